The second kappa shape index (κ2) is 10.9. The van der Waals surface area contributed by atoms with E-state index in [1.807, 2.05) is 65.6 Å². The van der Waals surface area contributed by atoms with Gasteiger partial charge in [0, 0.05) is 42.8 Å². The van der Waals surface area contributed by atoms with Crippen LogP contribution in [0.25, 0.3) is 0 Å². The van der Waals surface area contributed by atoms with Crippen LogP contribution in [0.5, 0.6) is 11.5 Å². The quantitative estimate of drug-likeness (QED) is 0.528. The molecule has 0 bridgehead atoms. The zero-order chi connectivity index (χ0) is 23.0. The third-order valence-electron chi connectivity index (χ3n) is 6.17. The Morgan fingerprint density at radius 2 is 1.67 bits per heavy atom. The van der Waals surface area contributed by atoms with Gasteiger partial charge in [-0.1, -0.05) is 43.2 Å². The number of hydrogen-bond acceptors (Lipinski definition) is 5. The topological polar surface area (TPSA) is 63.7 Å². The number of methoxy groups -OCH3 is 2. The molecule has 1 saturated heterocycles. The highest BCUT2D eigenvalue weighted by molar-refractivity contribution is 5.86. The van der Waals surface area contributed by atoms with E-state index in [-0.39, 0.29) is 11.9 Å². The summed E-state index contributed by atoms with van der Waals surface area (Å²) < 4.78 is 10.9. The van der Waals surface area contributed by atoms with Crippen molar-refractivity contribution >= 4 is 11.6 Å². The van der Waals surface area contributed by atoms with Gasteiger partial charge in [-0.15, -0.1) is 0 Å². The predicted molar refractivity (Wildman–Crippen MR) is 130 cm³/mol. The first-order valence-electron chi connectivity index (χ1n) is 11.4. The first-order chi connectivity index (χ1) is 16.2. The van der Waals surface area contributed by atoms with Gasteiger partial charge >= 0.3 is 0 Å². The highest BCUT2D eigenvalue weighted by Gasteiger charge is 2.32. The van der Waals surface area contributed by atoms with E-state index in [0.717, 1.165) is 49.0 Å². The number of ether oxygens (including phenoxy) is 2. The second-order valence-corrected chi connectivity index (χ2v) is 8.27. The highest BCUT2D eigenvalue weighted by Crippen LogP contribution is 2.34. The van der Waals surface area contributed by atoms with E-state index in [2.05, 4.69) is 10.3 Å². The molecule has 0 aliphatic carbocycles. The summed E-state index contributed by atoms with van der Waals surface area (Å²) in [6.07, 6.45) is 7.79. The maximum absolute atomic E-state index is 14.1. The van der Waals surface area contributed by atoms with Crippen LogP contribution in [-0.4, -0.2) is 36.6 Å². The molecule has 4 rings (SSSR count). The monoisotopic (exact) mass is 445 g/mol. The van der Waals surface area contributed by atoms with E-state index in [4.69, 9.17) is 9.47 Å². The summed E-state index contributed by atoms with van der Waals surface area (Å²) in [5.41, 5.74) is 2.82. The number of nitrogens with zero attached hydrogens (tertiary/aromatic N) is 2. The fraction of sp³-hybridized carbons (Fsp3) is 0.333. The molecule has 1 aliphatic rings. The molecule has 1 fully saturated rings. The summed E-state index contributed by atoms with van der Waals surface area (Å²) in [5.74, 6) is 1.40. The van der Waals surface area contributed by atoms with Crippen LogP contribution in [-0.2, 0) is 4.79 Å². The molecule has 1 amide bonds. The molecule has 0 saturated carbocycles. The number of carbonyl (C=O) groups excluding carboxylic acids is 1. The van der Waals surface area contributed by atoms with Crippen molar-refractivity contribution in [2.45, 2.75) is 37.8 Å². The largest absolute Gasteiger partial charge is 0.497 e. The van der Waals surface area contributed by atoms with Crippen LogP contribution in [0.3, 0.4) is 0 Å². The molecule has 2 atom stereocenters. The van der Waals surface area contributed by atoms with E-state index >= 15 is 0 Å². The number of hydrogen-bond donors (Lipinski definition) is 1. The van der Waals surface area contributed by atoms with E-state index in [0.29, 0.717) is 11.5 Å². The summed E-state index contributed by atoms with van der Waals surface area (Å²) >= 11 is 0. The summed E-state index contributed by atoms with van der Waals surface area (Å²) in [6.45, 7) is 0.734. The number of benzene rings is 2. The molecule has 2 unspecified atom stereocenters. The van der Waals surface area contributed by atoms with Gasteiger partial charge in [0.25, 0.3) is 0 Å². The van der Waals surface area contributed by atoms with Crippen molar-refractivity contribution in [2.75, 3.05) is 26.1 Å². The van der Waals surface area contributed by atoms with Crippen molar-refractivity contribution in [2.24, 2.45) is 0 Å². The summed E-state index contributed by atoms with van der Waals surface area (Å²) in [7, 11) is 3.24. The molecular formula is C27H31N3O3. The fourth-order valence-corrected chi connectivity index (χ4v) is 4.46. The first-order valence-corrected chi connectivity index (χ1v) is 11.4. The number of pyridine rings is 1. The number of rotatable bonds is 7. The van der Waals surface area contributed by atoms with Gasteiger partial charge in [-0.25, -0.2) is 0 Å². The van der Waals surface area contributed by atoms with Crippen LogP contribution in [0.4, 0.5) is 5.69 Å². The molecule has 0 spiro atoms. The van der Waals surface area contributed by atoms with Crippen LogP contribution < -0.4 is 14.8 Å². The minimum absolute atomic E-state index is 0.0378. The standard InChI is InChI=1S/C27H31N3O3/c1-32-23-17-22(18-24(19-23)33-2)29-26(21-9-5-3-6-10-21)27(31)30-16-8-4-7-11-25(30)20-12-14-28-15-13-20/h3,5-6,9-10,12-15,17-19,25-26,29H,4,7-8,11,16H2,1-2H3. The lowest BCUT2D eigenvalue weighted by atomic mass is 9.99. The van der Waals surface area contributed by atoms with Crippen molar-refractivity contribution < 1.29 is 14.3 Å². The van der Waals surface area contributed by atoms with E-state index in [9.17, 15) is 4.79 Å². The van der Waals surface area contributed by atoms with Crippen molar-refractivity contribution in [3.63, 3.8) is 0 Å². The van der Waals surface area contributed by atoms with Gasteiger partial charge in [0.05, 0.1) is 20.3 Å². The minimum Gasteiger partial charge on any atom is -0.497 e. The minimum atomic E-state index is -0.537. The van der Waals surface area contributed by atoms with Crippen LogP contribution in [0, 0.1) is 0 Å². The van der Waals surface area contributed by atoms with Crippen LogP contribution in [0.2, 0.25) is 0 Å². The molecule has 6 heteroatoms. The molecule has 172 valence electrons. The Kier molecular flexibility index (Phi) is 7.45. The molecule has 1 aliphatic heterocycles. The molecule has 6 nitrogen and oxygen atoms in total. The molecule has 3 aromatic rings. The summed E-state index contributed by atoms with van der Waals surface area (Å²) in [6, 6.07) is 19.0. The van der Waals surface area contributed by atoms with Crippen molar-refractivity contribution in [1.29, 1.82) is 0 Å². The number of amides is 1. The van der Waals surface area contributed by atoms with Crippen LogP contribution >= 0.6 is 0 Å². The normalized spacial score (nSPS) is 17.0. The SMILES string of the molecule is COc1cc(NC(C(=O)N2CCCCCC2c2ccncc2)c2ccccc2)cc(OC)c1. The Balaban J connectivity index is 1.70. The van der Waals surface area contributed by atoms with Crippen molar-refractivity contribution in [1.82, 2.24) is 9.88 Å². The van der Waals surface area contributed by atoms with Gasteiger partial charge in [-0.05, 0) is 36.1 Å². The Bertz CT molecular complexity index is 1020. The molecule has 1 aromatic heterocycles. The van der Waals surface area contributed by atoms with E-state index in [1.54, 1.807) is 26.6 Å². The third kappa shape index (κ3) is 5.45. The lowest BCUT2D eigenvalue weighted by molar-refractivity contribution is -0.134. The average Bonchev–Trinajstić information content (AvgIpc) is 3.14. The summed E-state index contributed by atoms with van der Waals surface area (Å²) in [4.78, 5) is 20.3. The van der Waals surface area contributed by atoms with E-state index in [1.165, 1.54) is 0 Å². The second-order valence-electron chi connectivity index (χ2n) is 8.27. The van der Waals surface area contributed by atoms with Crippen molar-refractivity contribution in [3.05, 3.63) is 84.2 Å². The lowest BCUT2D eigenvalue weighted by Crippen LogP contribution is -2.40. The third-order valence-corrected chi connectivity index (χ3v) is 6.17. The highest BCUT2D eigenvalue weighted by atomic mass is 16.5. The van der Waals surface area contributed by atoms with Crippen molar-refractivity contribution in [3.8, 4) is 11.5 Å². The predicted octanol–water partition coefficient (Wildman–Crippen LogP) is 5.40. The van der Waals surface area contributed by atoms with Crippen LogP contribution in [0.1, 0.15) is 48.9 Å². The zero-order valence-corrected chi connectivity index (χ0v) is 19.2. The fourth-order valence-electron chi connectivity index (χ4n) is 4.46. The van der Waals surface area contributed by atoms with Gasteiger partial charge in [0.1, 0.15) is 17.5 Å². The summed E-state index contributed by atoms with van der Waals surface area (Å²) in [5, 5.41) is 3.47. The molecule has 2 heterocycles. The number of nitrogens with one attached hydrogen (secondary N) is 1. The lowest BCUT2D eigenvalue weighted by Gasteiger charge is -2.34. The number of likely N-dealkylation sites (tertiary alicyclic amines) is 1. The Hall–Kier alpha value is -3.54. The number of aromatic nitrogens is 1. The van der Waals surface area contributed by atoms with Gasteiger partial charge in [0.15, 0.2) is 0 Å². The number of carbonyl (C=O) groups is 1. The molecule has 1 N–H and O–H groups in total. The maximum Gasteiger partial charge on any atom is 0.250 e. The Labute approximate surface area is 195 Å². The Morgan fingerprint density at radius 1 is 0.970 bits per heavy atom. The zero-order valence-electron chi connectivity index (χ0n) is 19.2. The van der Waals surface area contributed by atoms with Gasteiger partial charge in [0.2, 0.25) is 5.91 Å². The molecule has 0 radical (unpaired) electrons. The Morgan fingerprint density at radius 3 is 2.33 bits per heavy atom. The van der Waals surface area contributed by atoms with Gasteiger partial charge < -0.3 is 19.7 Å². The smallest absolute Gasteiger partial charge is 0.250 e. The number of anilines is 1. The first kappa shape index (κ1) is 22.6. The maximum atomic E-state index is 14.1. The van der Waals surface area contributed by atoms with E-state index < -0.39 is 6.04 Å². The average molecular weight is 446 g/mol. The van der Waals surface area contributed by atoms with Gasteiger partial charge in [-0.3, -0.25) is 9.78 Å². The van der Waals surface area contributed by atoms with Crippen LogP contribution in [0.15, 0.2) is 73.1 Å². The molecular weight excluding hydrogens is 414 g/mol. The molecule has 33 heavy (non-hydrogen) atoms. The van der Waals surface area contributed by atoms with Gasteiger partial charge in [-0.2, -0.15) is 0 Å². The molecule has 2 aromatic carbocycles.